The van der Waals surface area contributed by atoms with Gasteiger partial charge >= 0.3 is 6.09 Å². The van der Waals surface area contributed by atoms with Gasteiger partial charge in [0.25, 0.3) is 0 Å². The van der Waals surface area contributed by atoms with Crippen molar-refractivity contribution in [1.29, 1.82) is 0 Å². The molecule has 154 valence electrons. The van der Waals surface area contributed by atoms with Crippen molar-refractivity contribution >= 4 is 17.7 Å². The molecule has 0 radical (unpaired) electrons. The van der Waals surface area contributed by atoms with E-state index in [1.165, 1.54) is 5.56 Å². The maximum Gasteiger partial charge on any atom is 0.411 e. The van der Waals surface area contributed by atoms with E-state index < -0.39 is 12.1 Å². The van der Waals surface area contributed by atoms with Crippen molar-refractivity contribution in [3.63, 3.8) is 0 Å². The number of nitrogens with two attached hydrogens (primary N) is 1. The number of rotatable bonds is 6. The Hall–Kier alpha value is -2.86. The first-order valence-electron chi connectivity index (χ1n) is 10.1. The number of primary amides is 1. The van der Waals surface area contributed by atoms with Crippen molar-refractivity contribution < 1.29 is 14.3 Å². The van der Waals surface area contributed by atoms with E-state index in [0.717, 1.165) is 36.9 Å². The lowest BCUT2D eigenvalue weighted by Crippen LogP contribution is -2.47. The van der Waals surface area contributed by atoms with Crippen molar-refractivity contribution in [3.05, 3.63) is 65.2 Å². The summed E-state index contributed by atoms with van der Waals surface area (Å²) in [4.78, 5) is 26.6. The first-order chi connectivity index (χ1) is 14.0. The zero-order valence-electron chi connectivity index (χ0n) is 17.1. The molecule has 1 aliphatic heterocycles. The Balaban J connectivity index is 1.63. The van der Waals surface area contributed by atoms with Crippen molar-refractivity contribution in [2.24, 2.45) is 5.73 Å². The molecule has 0 aliphatic carbocycles. The van der Waals surface area contributed by atoms with E-state index in [4.69, 9.17) is 10.5 Å². The van der Waals surface area contributed by atoms with Crippen LogP contribution >= 0.6 is 0 Å². The summed E-state index contributed by atoms with van der Waals surface area (Å²) in [5.74, 6) is -0.389. The molecule has 1 aliphatic rings. The predicted octanol–water partition coefficient (Wildman–Crippen LogP) is 3.80. The molecular formula is C23H29N3O3. The fourth-order valence-corrected chi connectivity index (χ4v) is 3.84. The summed E-state index contributed by atoms with van der Waals surface area (Å²) >= 11 is 0. The third kappa shape index (κ3) is 5.35. The molecule has 29 heavy (non-hydrogen) atoms. The minimum atomic E-state index is -0.521. The summed E-state index contributed by atoms with van der Waals surface area (Å²) in [5, 5.41) is 2.78. The molecule has 1 saturated heterocycles. The van der Waals surface area contributed by atoms with Crippen molar-refractivity contribution in [3.8, 4) is 0 Å². The lowest BCUT2D eigenvalue weighted by molar-refractivity contribution is -0.124. The Labute approximate surface area is 172 Å². The molecule has 2 unspecified atom stereocenters. The smallest absolute Gasteiger partial charge is 0.411 e. The van der Waals surface area contributed by atoms with Gasteiger partial charge in [-0.15, -0.1) is 0 Å². The molecule has 0 aromatic heterocycles. The Morgan fingerprint density at radius 2 is 1.93 bits per heavy atom. The van der Waals surface area contributed by atoms with E-state index in [1.54, 1.807) is 0 Å². The fraction of sp³-hybridized carbons (Fsp3) is 0.391. The van der Waals surface area contributed by atoms with Crippen LogP contribution in [0.3, 0.4) is 0 Å². The van der Waals surface area contributed by atoms with Crippen LogP contribution in [0.1, 0.15) is 42.5 Å². The van der Waals surface area contributed by atoms with Gasteiger partial charge in [0.05, 0.1) is 0 Å². The van der Waals surface area contributed by atoms with Crippen LogP contribution in [0.5, 0.6) is 0 Å². The number of carbonyl (C=O) groups excluding carboxylic acids is 2. The normalized spacial score (nSPS) is 18.1. The van der Waals surface area contributed by atoms with Crippen molar-refractivity contribution in [1.82, 2.24) is 4.90 Å². The highest BCUT2D eigenvalue weighted by Gasteiger charge is 2.32. The summed E-state index contributed by atoms with van der Waals surface area (Å²) in [6, 6.07) is 14.9. The van der Waals surface area contributed by atoms with Gasteiger partial charge in [-0.25, -0.2) is 4.79 Å². The number of hydrogen-bond acceptors (Lipinski definition) is 4. The highest BCUT2D eigenvalue weighted by molar-refractivity contribution is 5.84. The largest absolute Gasteiger partial charge is 0.445 e. The van der Waals surface area contributed by atoms with Crippen molar-refractivity contribution in [2.75, 3.05) is 18.4 Å². The topological polar surface area (TPSA) is 84.7 Å². The summed E-state index contributed by atoms with van der Waals surface area (Å²) in [7, 11) is 0. The minimum absolute atomic E-state index is 0.287. The summed E-state index contributed by atoms with van der Waals surface area (Å²) in [5.41, 5.74) is 9.58. The molecule has 0 saturated carbocycles. The van der Waals surface area contributed by atoms with Crippen LogP contribution in [-0.4, -0.2) is 36.1 Å². The standard InChI is InChI=1S/C23H29N3O3/c1-3-17-10-12-18(13-11-17)25-23(28)29-19-8-6-14-26(15-19)21(22(24)27)20-9-5-4-7-16(20)2/h4-5,7,9-13,19,21H,3,6,8,14-15H2,1-2H3,(H2,24,27)(H,25,28). The minimum Gasteiger partial charge on any atom is -0.445 e. The zero-order chi connectivity index (χ0) is 20.8. The Morgan fingerprint density at radius 1 is 1.21 bits per heavy atom. The summed E-state index contributed by atoms with van der Waals surface area (Å²) < 4.78 is 5.63. The second-order valence-corrected chi connectivity index (χ2v) is 7.50. The van der Waals surface area contributed by atoms with Crippen LogP contribution in [-0.2, 0) is 16.0 Å². The molecule has 2 amide bonds. The van der Waals surface area contributed by atoms with Gasteiger partial charge in [0.2, 0.25) is 5.91 Å². The second-order valence-electron chi connectivity index (χ2n) is 7.50. The first kappa shape index (κ1) is 20.9. The first-order valence-corrected chi connectivity index (χ1v) is 10.1. The highest BCUT2D eigenvalue weighted by Crippen LogP contribution is 2.28. The molecule has 2 aromatic carbocycles. The fourth-order valence-electron chi connectivity index (χ4n) is 3.84. The van der Waals surface area contributed by atoms with Gasteiger partial charge in [-0.05, 0) is 61.6 Å². The van der Waals surface area contributed by atoms with Crippen LogP contribution in [0.25, 0.3) is 0 Å². The van der Waals surface area contributed by atoms with E-state index in [2.05, 4.69) is 12.2 Å². The average Bonchev–Trinajstić information content (AvgIpc) is 2.70. The van der Waals surface area contributed by atoms with Crippen LogP contribution in [0.4, 0.5) is 10.5 Å². The number of amides is 2. The molecule has 0 spiro atoms. The SMILES string of the molecule is CCc1ccc(NC(=O)OC2CCCN(C(C(N)=O)c3ccccc3C)C2)cc1. The number of anilines is 1. The van der Waals surface area contributed by atoms with E-state index in [1.807, 2.05) is 60.4 Å². The molecule has 2 aromatic rings. The number of benzene rings is 2. The Kier molecular flexibility index (Phi) is 6.88. The van der Waals surface area contributed by atoms with E-state index in [9.17, 15) is 9.59 Å². The molecular weight excluding hydrogens is 366 g/mol. The number of piperidine rings is 1. The molecule has 6 nitrogen and oxygen atoms in total. The number of nitrogens with zero attached hydrogens (tertiary/aromatic N) is 1. The van der Waals surface area contributed by atoms with Crippen LogP contribution < -0.4 is 11.1 Å². The summed E-state index contributed by atoms with van der Waals surface area (Å²) in [6.45, 7) is 5.27. The maximum absolute atomic E-state index is 12.3. The average molecular weight is 396 g/mol. The lowest BCUT2D eigenvalue weighted by atomic mass is 9.96. The Bertz CT molecular complexity index is 851. The number of aryl methyl sites for hydroxylation is 2. The maximum atomic E-state index is 12.3. The third-order valence-corrected chi connectivity index (χ3v) is 5.41. The third-order valence-electron chi connectivity index (χ3n) is 5.41. The van der Waals surface area contributed by atoms with Crippen LogP contribution in [0.15, 0.2) is 48.5 Å². The van der Waals surface area contributed by atoms with Gasteiger partial charge in [0.15, 0.2) is 0 Å². The van der Waals surface area contributed by atoms with E-state index in [0.29, 0.717) is 12.2 Å². The molecule has 0 bridgehead atoms. The molecule has 3 N–H and O–H groups in total. The number of carbonyl (C=O) groups is 2. The number of likely N-dealkylation sites (tertiary alicyclic amines) is 1. The van der Waals surface area contributed by atoms with Crippen LogP contribution in [0, 0.1) is 6.92 Å². The van der Waals surface area contributed by atoms with Gasteiger partial charge in [0, 0.05) is 12.2 Å². The molecule has 2 atom stereocenters. The van der Waals surface area contributed by atoms with Gasteiger partial charge in [-0.2, -0.15) is 0 Å². The predicted molar refractivity (Wildman–Crippen MR) is 114 cm³/mol. The van der Waals surface area contributed by atoms with Gasteiger partial charge in [0.1, 0.15) is 12.1 Å². The molecule has 3 rings (SSSR count). The van der Waals surface area contributed by atoms with Gasteiger partial charge in [-0.3, -0.25) is 15.0 Å². The quantitative estimate of drug-likeness (QED) is 0.779. The number of nitrogens with one attached hydrogen (secondary N) is 1. The van der Waals surface area contributed by atoms with Gasteiger partial charge in [-0.1, -0.05) is 43.3 Å². The molecule has 6 heteroatoms. The van der Waals surface area contributed by atoms with Gasteiger partial charge < -0.3 is 10.5 Å². The monoisotopic (exact) mass is 395 g/mol. The zero-order valence-corrected chi connectivity index (χ0v) is 17.1. The molecule has 1 heterocycles. The second kappa shape index (κ2) is 9.56. The Morgan fingerprint density at radius 3 is 2.59 bits per heavy atom. The summed E-state index contributed by atoms with van der Waals surface area (Å²) in [6.07, 6.45) is 1.78. The highest BCUT2D eigenvalue weighted by atomic mass is 16.6. The van der Waals surface area contributed by atoms with Crippen molar-refractivity contribution in [2.45, 2.75) is 45.3 Å². The number of hydrogen-bond donors (Lipinski definition) is 2. The van der Waals surface area contributed by atoms with E-state index in [-0.39, 0.29) is 12.0 Å². The van der Waals surface area contributed by atoms with Crippen LogP contribution in [0.2, 0.25) is 0 Å². The van der Waals surface area contributed by atoms with E-state index >= 15 is 0 Å². The lowest BCUT2D eigenvalue weighted by Gasteiger charge is -2.37. The number of ether oxygens (including phenoxy) is 1. The molecule has 1 fully saturated rings.